The molecule has 0 bridgehead atoms. The predicted molar refractivity (Wildman–Crippen MR) is 53.1 cm³/mol. The number of halogens is 1. The van der Waals surface area contributed by atoms with Gasteiger partial charge >= 0.3 is 5.97 Å². The van der Waals surface area contributed by atoms with E-state index in [1.165, 1.54) is 25.3 Å². The van der Waals surface area contributed by atoms with Gasteiger partial charge in [0.1, 0.15) is 5.82 Å². The summed E-state index contributed by atoms with van der Waals surface area (Å²) >= 11 is 0. The fourth-order valence-corrected chi connectivity index (χ4v) is 1.64. The van der Waals surface area contributed by atoms with Gasteiger partial charge in [0.15, 0.2) is 0 Å². The largest absolute Gasteiger partial charge is 0.465 e. The van der Waals surface area contributed by atoms with E-state index in [9.17, 15) is 9.18 Å². The monoisotopic (exact) mass is 209 g/mol. The lowest BCUT2D eigenvalue weighted by molar-refractivity contribution is 0.0600. The van der Waals surface area contributed by atoms with Crippen LogP contribution >= 0.6 is 0 Å². The molecule has 1 aromatic carbocycles. The zero-order valence-electron chi connectivity index (χ0n) is 8.37. The van der Waals surface area contributed by atoms with Crippen LogP contribution in [0.2, 0.25) is 0 Å². The van der Waals surface area contributed by atoms with Crippen LogP contribution in [-0.4, -0.2) is 19.1 Å². The molecular formula is C11H12FNO2. The van der Waals surface area contributed by atoms with Crippen molar-refractivity contribution in [2.24, 2.45) is 5.73 Å². The first kappa shape index (κ1) is 10.1. The summed E-state index contributed by atoms with van der Waals surface area (Å²) < 4.78 is 18.0. The van der Waals surface area contributed by atoms with Gasteiger partial charge in [0.05, 0.1) is 12.7 Å². The summed E-state index contributed by atoms with van der Waals surface area (Å²) in [4.78, 5) is 11.2. The first-order chi connectivity index (χ1) is 7.13. The second kappa shape index (κ2) is 3.62. The maximum atomic E-state index is 13.4. The predicted octanol–water partition coefficient (Wildman–Crippen LogP) is 1.43. The van der Waals surface area contributed by atoms with Crippen molar-refractivity contribution in [3.8, 4) is 0 Å². The number of methoxy groups -OCH3 is 1. The molecule has 15 heavy (non-hydrogen) atoms. The molecule has 0 unspecified atom stereocenters. The van der Waals surface area contributed by atoms with Gasteiger partial charge in [-0.1, -0.05) is 0 Å². The summed E-state index contributed by atoms with van der Waals surface area (Å²) in [6.45, 7) is 0. The van der Waals surface area contributed by atoms with E-state index in [2.05, 4.69) is 4.74 Å². The van der Waals surface area contributed by atoms with Crippen molar-refractivity contribution in [2.45, 2.75) is 18.4 Å². The molecule has 1 fully saturated rings. The van der Waals surface area contributed by atoms with Crippen LogP contribution in [0.4, 0.5) is 4.39 Å². The first-order valence-corrected chi connectivity index (χ1v) is 4.77. The Hall–Kier alpha value is -1.42. The van der Waals surface area contributed by atoms with E-state index in [1.807, 2.05) is 0 Å². The van der Waals surface area contributed by atoms with Crippen molar-refractivity contribution in [2.75, 3.05) is 7.11 Å². The summed E-state index contributed by atoms with van der Waals surface area (Å²) in [5, 5.41) is 0. The highest BCUT2D eigenvalue weighted by molar-refractivity contribution is 5.89. The summed E-state index contributed by atoms with van der Waals surface area (Å²) in [7, 11) is 1.30. The van der Waals surface area contributed by atoms with Crippen molar-refractivity contribution in [1.82, 2.24) is 0 Å². The second-order valence-corrected chi connectivity index (χ2v) is 3.73. The Morgan fingerprint density at radius 1 is 1.60 bits per heavy atom. The van der Waals surface area contributed by atoms with Gasteiger partial charge in [-0.25, -0.2) is 9.18 Å². The topological polar surface area (TPSA) is 52.3 Å². The first-order valence-electron chi connectivity index (χ1n) is 4.77. The van der Waals surface area contributed by atoms with E-state index in [0.29, 0.717) is 11.1 Å². The fraction of sp³-hybridized carbons (Fsp3) is 0.364. The van der Waals surface area contributed by atoms with Crippen LogP contribution in [0.1, 0.15) is 28.3 Å². The van der Waals surface area contributed by atoms with E-state index in [1.54, 1.807) is 0 Å². The van der Waals surface area contributed by atoms with Crippen LogP contribution < -0.4 is 5.73 Å². The molecule has 1 aromatic rings. The smallest absolute Gasteiger partial charge is 0.337 e. The molecule has 1 aliphatic rings. The Bertz CT molecular complexity index is 406. The molecule has 4 heteroatoms. The molecule has 0 saturated heterocycles. The minimum atomic E-state index is -0.453. The fourth-order valence-electron chi connectivity index (χ4n) is 1.64. The number of esters is 1. The zero-order chi connectivity index (χ0) is 11.0. The van der Waals surface area contributed by atoms with Gasteiger partial charge in [-0.2, -0.15) is 0 Å². The average Bonchev–Trinajstić information content (AvgIpc) is 2.95. The molecule has 0 radical (unpaired) electrons. The van der Waals surface area contributed by atoms with Gasteiger partial charge in [0.25, 0.3) is 0 Å². The van der Waals surface area contributed by atoms with E-state index in [0.717, 1.165) is 6.42 Å². The summed E-state index contributed by atoms with van der Waals surface area (Å²) in [5.41, 5.74) is 6.53. The molecule has 80 valence electrons. The molecule has 2 atom stereocenters. The zero-order valence-corrected chi connectivity index (χ0v) is 8.37. The molecule has 1 aliphatic carbocycles. The Morgan fingerprint density at radius 2 is 2.27 bits per heavy atom. The number of ether oxygens (including phenoxy) is 1. The van der Waals surface area contributed by atoms with E-state index in [-0.39, 0.29) is 17.8 Å². The molecule has 0 aliphatic heterocycles. The SMILES string of the molecule is COC(=O)c1ccc(F)c([C@@H]2C[C@H]2N)c1. The maximum Gasteiger partial charge on any atom is 0.337 e. The van der Waals surface area contributed by atoms with Gasteiger partial charge in [0.2, 0.25) is 0 Å². The Kier molecular flexibility index (Phi) is 2.44. The van der Waals surface area contributed by atoms with Crippen LogP contribution in [-0.2, 0) is 4.74 Å². The summed E-state index contributed by atoms with van der Waals surface area (Å²) in [6.07, 6.45) is 0.779. The highest BCUT2D eigenvalue weighted by atomic mass is 19.1. The molecule has 0 heterocycles. The van der Waals surface area contributed by atoms with Crippen molar-refractivity contribution in [3.05, 3.63) is 35.1 Å². The van der Waals surface area contributed by atoms with Crippen LogP contribution in [0.15, 0.2) is 18.2 Å². The summed E-state index contributed by atoms with van der Waals surface area (Å²) in [6, 6.07) is 4.25. The van der Waals surface area contributed by atoms with Gasteiger partial charge in [0, 0.05) is 12.0 Å². The lowest BCUT2D eigenvalue weighted by Gasteiger charge is -2.04. The molecule has 0 amide bonds. The molecule has 2 rings (SSSR count). The molecule has 1 saturated carbocycles. The lowest BCUT2D eigenvalue weighted by Crippen LogP contribution is -2.05. The van der Waals surface area contributed by atoms with Crippen LogP contribution in [0.25, 0.3) is 0 Å². The van der Waals surface area contributed by atoms with Crippen molar-refractivity contribution in [3.63, 3.8) is 0 Å². The van der Waals surface area contributed by atoms with Crippen molar-refractivity contribution < 1.29 is 13.9 Å². The Balaban J connectivity index is 2.33. The average molecular weight is 209 g/mol. The van der Waals surface area contributed by atoms with Crippen molar-refractivity contribution in [1.29, 1.82) is 0 Å². The second-order valence-electron chi connectivity index (χ2n) is 3.73. The van der Waals surface area contributed by atoms with E-state index < -0.39 is 5.97 Å². The minimum absolute atomic E-state index is 0.0207. The molecular weight excluding hydrogens is 197 g/mol. The molecule has 3 nitrogen and oxygen atoms in total. The number of carbonyl (C=O) groups is 1. The highest BCUT2D eigenvalue weighted by Gasteiger charge is 2.37. The van der Waals surface area contributed by atoms with E-state index in [4.69, 9.17) is 5.73 Å². The van der Waals surface area contributed by atoms with Crippen molar-refractivity contribution >= 4 is 5.97 Å². The number of benzene rings is 1. The Labute approximate surface area is 87.0 Å². The van der Waals surface area contributed by atoms with Gasteiger partial charge in [-0.3, -0.25) is 0 Å². The summed E-state index contributed by atoms with van der Waals surface area (Å²) in [5.74, 6) is -0.708. The van der Waals surface area contributed by atoms with Crippen LogP contribution in [0.3, 0.4) is 0 Å². The van der Waals surface area contributed by atoms with Crippen LogP contribution in [0, 0.1) is 5.82 Å². The van der Waals surface area contributed by atoms with Gasteiger partial charge in [-0.15, -0.1) is 0 Å². The highest BCUT2D eigenvalue weighted by Crippen LogP contribution is 2.40. The number of nitrogens with two attached hydrogens (primary N) is 1. The number of carbonyl (C=O) groups excluding carboxylic acids is 1. The lowest BCUT2D eigenvalue weighted by atomic mass is 10.1. The standard InChI is InChI=1S/C11H12FNO2/c1-15-11(14)6-2-3-9(12)7(4-6)8-5-10(8)13/h2-4,8,10H,5,13H2,1H3/t8-,10+/m0/s1. The minimum Gasteiger partial charge on any atom is -0.465 e. The van der Waals surface area contributed by atoms with Gasteiger partial charge in [-0.05, 0) is 30.2 Å². The third-order valence-electron chi connectivity index (χ3n) is 2.66. The Morgan fingerprint density at radius 3 is 2.80 bits per heavy atom. The molecule has 2 N–H and O–H groups in total. The normalized spacial score (nSPS) is 23.7. The molecule has 0 aromatic heterocycles. The number of rotatable bonds is 2. The molecule has 0 spiro atoms. The third-order valence-corrected chi connectivity index (χ3v) is 2.66. The van der Waals surface area contributed by atoms with E-state index >= 15 is 0 Å². The quantitative estimate of drug-likeness (QED) is 0.749. The number of hydrogen-bond donors (Lipinski definition) is 1. The van der Waals surface area contributed by atoms with Gasteiger partial charge < -0.3 is 10.5 Å². The van der Waals surface area contributed by atoms with Crippen LogP contribution in [0.5, 0.6) is 0 Å². The number of hydrogen-bond acceptors (Lipinski definition) is 3. The maximum absolute atomic E-state index is 13.4. The third kappa shape index (κ3) is 1.85.